The standard InChI is InChI=1S/C18H20F3N3O4S/c1-12-5-6-14(27-2)15(10-12)29(25,26)24-9-3-4-13(11-24)28-17-22-8-7-16(23-17)18(19,20)21/h5-8,10,13H,3-4,9,11H2,1-2H3. The van der Waals surface area contributed by atoms with Gasteiger partial charge in [-0.1, -0.05) is 6.07 Å². The summed E-state index contributed by atoms with van der Waals surface area (Å²) < 4.78 is 76.6. The first-order valence-corrected chi connectivity index (χ1v) is 10.3. The Morgan fingerprint density at radius 3 is 2.69 bits per heavy atom. The van der Waals surface area contributed by atoms with E-state index in [0.29, 0.717) is 12.8 Å². The summed E-state index contributed by atoms with van der Waals surface area (Å²) in [6.07, 6.45) is -3.38. The maximum Gasteiger partial charge on any atom is 0.433 e. The second-order valence-corrected chi connectivity index (χ2v) is 8.53. The molecule has 7 nitrogen and oxygen atoms in total. The van der Waals surface area contributed by atoms with Gasteiger partial charge in [-0.15, -0.1) is 0 Å². The number of piperidine rings is 1. The van der Waals surface area contributed by atoms with Crippen molar-refractivity contribution in [1.29, 1.82) is 0 Å². The number of hydrogen-bond acceptors (Lipinski definition) is 6. The average Bonchev–Trinajstić information content (AvgIpc) is 2.68. The minimum atomic E-state index is -4.62. The zero-order chi connectivity index (χ0) is 21.2. The number of benzene rings is 1. The van der Waals surface area contributed by atoms with Crippen LogP contribution in [0.25, 0.3) is 0 Å². The predicted molar refractivity (Wildman–Crippen MR) is 97.2 cm³/mol. The summed E-state index contributed by atoms with van der Waals surface area (Å²) in [6, 6.07) is 5.15. The van der Waals surface area contributed by atoms with Gasteiger partial charge in [0.1, 0.15) is 16.7 Å². The minimum Gasteiger partial charge on any atom is -0.495 e. The molecule has 1 aromatic carbocycles. The largest absolute Gasteiger partial charge is 0.495 e. The molecule has 0 bridgehead atoms. The van der Waals surface area contributed by atoms with E-state index in [-0.39, 0.29) is 23.7 Å². The molecule has 1 aliphatic heterocycles. The molecular formula is C18H20F3N3O4S. The van der Waals surface area contributed by atoms with E-state index in [2.05, 4.69) is 9.97 Å². The molecule has 11 heteroatoms. The van der Waals surface area contributed by atoms with Gasteiger partial charge in [0.15, 0.2) is 5.69 Å². The highest BCUT2D eigenvalue weighted by atomic mass is 32.2. The summed E-state index contributed by atoms with van der Waals surface area (Å²) in [5.74, 6) is 0.222. The number of aromatic nitrogens is 2. The Hall–Kier alpha value is -2.40. The van der Waals surface area contributed by atoms with Crippen molar-refractivity contribution in [3.05, 3.63) is 41.7 Å². The maximum atomic E-state index is 13.1. The van der Waals surface area contributed by atoms with Crippen molar-refractivity contribution in [2.24, 2.45) is 0 Å². The van der Waals surface area contributed by atoms with E-state index in [4.69, 9.17) is 9.47 Å². The highest BCUT2D eigenvalue weighted by Crippen LogP contribution is 2.31. The smallest absolute Gasteiger partial charge is 0.433 e. The summed E-state index contributed by atoms with van der Waals surface area (Å²) in [5.41, 5.74) is -0.362. The van der Waals surface area contributed by atoms with Crippen molar-refractivity contribution in [2.75, 3.05) is 20.2 Å². The fourth-order valence-corrected chi connectivity index (χ4v) is 4.80. The summed E-state index contributed by atoms with van der Waals surface area (Å²) >= 11 is 0. The number of sulfonamides is 1. The van der Waals surface area contributed by atoms with Gasteiger partial charge in [-0.2, -0.15) is 22.5 Å². The second kappa shape index (κ2) is 8.15. The van der Waals surface area contributed by atoms with Gasteiger partial charge < -0.3 is 9.47 Å². The molecule has 2 aromatic rings. The monoisotopic (exact) mass is 431 g/mol. The molecule has 0 radical (unpaired) electrons. The lowest BCUT2D eigenvalue weighted by atomic mass is 10.1. The zero-order valence-corrected chi connectivity index (χ0v) is 16.6. The molecule has 1 unspecified atom stereocenters. The quantitative estimate of drug-likeness (QED) is 0.724. The van der Waals surface area contributed by atoms with Crippen LogP contribution in [0.4, 0.5) is 13.2 Å². The van der Waals surface area contributed by atoms with Crippen molar-refractivity contribution in [3.8, 4) is 11.8 Å². The number of ether oxygens (including phenoxy) is 2. The summed E-state index contributed by atoms with van der Waals surface area (Å²) in [6.45, 7) is 2.01. The zero-order valence-electron chi connectivity index (χ0n) is 15.8. The molecule has 1 aromatic heterocycles. The van der Waals surface area contributed by atoms with Crippen LogP contribution in [0.5, 0.6) is 11.8 Å². The summed E-state index contributed by atoms with van der Waals surface area (Å²) in [4.78, 5) is 7.12. The van der Waals surface area contributed by atoms with Crippen molar-refractivity contribution in [1.82, 2.24) is 14.3 Å². The Morgan fingerprint density at radius 1 is 1.24 bits per heavy atom. The molecule has 0 amide bonds. The number of rotatable bonds is 5. The van der Waals surface area contributed by atoms with E-state index in [1.54, 1.807) is 19.1 Å². The van der Waals surface area contributed by atoms with Crippen molar-refractivity contribution in [2.45, 2.75) is 36.9 Å². The van der Waals surface area contributed by atoms with Crippen molar-refractivity contribution >= 4 is 10.0 Å². The van der Waals surface area contributed by atoms with Gasteiger partial charge in [0.05, 0.1) is 13.7 Å². The number of alkyl halides is 3. The molecule has 3 rings (SSSR count). The van der Waals surface area contributed by atoms with E-state index in [0.717, 1.165) is 17.8 Å². The lowest BCUT2D eigenvalue weighted by Crippen LogP contribution is -2.44. The fourth-order valence-electron chi connectivity index (χ4n) is 3.05. The van der Waals surface area contributed by atoms with Crippen LogP contribution in [0.1, 0.15) is 24.1 Å². The molecule has 0 N–H and O–H groups in total. The number of nitrogens with zero attached hydrogens (tertiary/aromatic N) is 3. The maximum absolute atomic E-state index is 13.1. The molecule has 0 aliphatic carbocycles. The van der Waals surface area contributed by atoms with Crippen LogP contribution in [0.3, 0.4) is 0 Å². The molecule has 2 heterocycles. The Morgan fingerprint density at radius 2 is 2.00 bits per heavy atom. The van der Waals surface area contributed by atoms with Gasteiger partial charge in [-0.25, -0.2) is 13.4 Å². The molecular weight excluding hydrogens is 411 g/mol. The van der Waals surface area contributed by atoms with Crippen molar-refractivity contribution in [3.63, 3.8) is 0 Å². The first-order chi connectivity index (χ1) is 13.6. The molecule has 158 valence electrons. The molecule has 0 spiro atoms. The van der Waals surface area contributed by atoms with Crippen LogP contribution in [-0.4, -0.2) is 49.0 Å². The molecule has 1 aliphatic rings. The average molecular weight is 431 g/mol. The molecule has 29 heavy (non-hydrogen) atoms. The van der Waals surface area contributed by atoms with Gasteiger partial charge in [-0.05, 0) is 43.5 Å². The lowest BCUT2D eigenvalue weighted by molar-refractivity contribution is -0.141. The van der Waals surface area contributed by atoms with Crippen LogP contribution in [-0.2, 0) is 16.2 Å². The van der Waals surface area contributed by atoms with Gasteiger partial charge in [0.25, 0.3) is 0 Å². The van der Waals surface area contributed by atoms with E-state index >= 15 is 0 Å². The van der Waals surface area contributed by atoms with Crippen LogP contribution < -0.4 is 9.47 Å². The molecule has 0 saturated carbocycles. The third-order valence-corrected chi connectivity index (χ3v) is 6.36. The van der Waals surface area contributed by atoms with Crippen LogP contribution in [0.2, 0.25) is 0 Å². The normalized spacial score (nSPS) is 18.4. The summed E-state index contributed by atoms with van der Waals surface area (Å²) in [7, 11) is -2.49. The third-order valence-electron chi connectivity index (χ3n) is 4.47. The lowest BCUT2D eigenvalue weighted by Gasteiger charge is -2.32. The highest BCUT2D eigenvalue weighted by Gasteiger charge is 2.35. The predicted octanol–water partition coefficient (Wildman–Crippen LogP) is 3.04. The summed E-state index contributed by atoms with van der Waals surface area (Å²) in [5, 5.41) is 0. The first-order valence-electron chi connectivity index (χ1n) is 8.83. The Bertz CT molecular complexity index is 983. The van der Waals surface area contributed by atoms with Gasteiger partial charge in [0, 0.05) is 12.7 Å². The minimum absolute atomic E-state index is 0.0287. The van der Waals surface area contributed by atoms with E-state index in [1.807, 2.05) is 0 Å². The van der Waals surface area contributed by atoms with Crippen LogP contribution in [0, 0.1) is 6.92 Å². The van der Waals surface area contributed by atoms with Gasteiger partial charge in [-0.3, -0.25) is 0 Å². The Balaban J connectivity index is 1.80. The van der Waals surface area contributed by atoms with E-state index in [9.17, 15) is 21.6 Å². The molecule has 1 atom stereocenters. The van der Waals surface area contributed by atoms with E-state index < -0.39 is 34.0 Å². The van der Waals surface area contributed by atoms with Crippen LogP contribution in [0.15, 0.2) is 35.4 Å². The Kier molecular flexibility index (Phi) is 5.99. The van der Waals surface area contributed by atoms with Gasteiger partial charge in [0.2, 0.25) is 10.0 Å². The van der Waals surface area contributed by atoms with Crippen molar-refractivity contribution < 1.29 is 31.1 Å². The topological polar surface area (TPSA) is 81.6 Å². The Labute approximate surface area is 166 Å². The van der Waals surface area contributed by atoms with E-state index in [1.165, 1.54) is 17.5 Å². The third kappa shape index (κ3) is 4.78. The fraction of sp³-hybridized carbons (Fsp3) is 0.444. The molecule has 1 fully saturated rings. The number of hydrogen-bond donors (Lipinski definition) is 0. The number of halogens is 3. The first kappa shape index (κ1) is 21.3. The second-order valence-electron chi connectivity index (χ2n) is 6.62. The van der Waals surface area contributed by atoms with Gasteiger partial charge >= 0.3 is 12.2 Å². The molecule has 1 saturated heterocycles. The highest BCUT2D eigenvalue weighted by molar-refractivity contribution is 7.89. The van der Waals surface area contributed by atoms with Crippen LogP contribution >= 0.6 is 0 Å². The SMILES string of the molecule is COc1ccc(C)cc1S(=O)(=O)N1CCCC(Oc2nccc(C(F)(F)F)n2)C1. The number of aryl methyl sites for hydroxylation is 1. The number of methoxy groups -OCH3 is 1.